The van der Waals surface area contributed by atoms with Crippen molar-refractivity contribution < 1.29 is 9.18 Å². The van der Waals surface area contributed by atoms with E-state index in [9.17, 15) is 9.18 Å². The van der Waals surface area contributed by atoms with E-state index < -0.39 is 0 Å². The molecule has 1 aliphatic rings. The van der Waals surface area contributed by atoms with Crippen molar-refractivity contribution >= 4 is 17.2 Å². The van der Waals surface area contributed by atoms with E-state index in [-0.39, 0.29) is 11.7 Å². The van der Waals surface area contributed by atoms with Gasteiger partial charge in [0.2, 0.25) is 5.91 Å². The fourth-order valence-electron chi connectivity index (χ4n) is 2.59. The number of nitrogens with zero attached hydrogens (tertiary/aromatic N) is 1. The summed E-state index contributed by atoms with van der Waals surface area (Å²) in [4.78, 5) is 15.7. The molecular formula is C18H21FN2OS. The highest BCUT2D eigenvalue weighted by Crippen LogP contribution is 2.28. The standard InChI is InChI=1S/C18H21FN2OS/c19-15-5-3-14(4-6-15)9-10-20-18(22)13-21(16-7-8-16)12-17-2-1-11-23-17/h1-6,11,16H,7-10,12-13H2,(H,20,22). The van der Waals surface area contributed by atoms with Gasteiger partial charge in [0.05, 0.1) is 6.54 Å². The summed E-state index contributed by atoms with van der Waals surface area (Å²) in [6, 6.07) is 11.1. The van der Waals surface area contributed by atoms with Crippen molar-refractivity contribution in [2.75, 3.05) is 13.1 Å². The van der Waals surface area contributed by atoms with Gasteiger partial charge in [0.15, 0.2) is 0 Å². The van der Waals surface area contributed by atoms with Gasteiger partial charge in [-0.05, 0) is 48.4 Å². The molecule has 3 rings (SSSR count). The quantitative estimate of drug-likeness (QED) is 0.805. The zero-order valence-corrected chi connectivity index (χ0v) is 13.8. The summed E-state index contributed by atoms with van der Waals surface area (Å²) in [6.45, 7) is 1.89. The predicted octanol–water partition coefficient (Wildman–Crippen LogP) is 3.21. The van der Waals surface area contributed by atoms with E-state index in [1.54, 1.807) is 23.5 Å². The van der Waals surface area contributed by atoms with Gasteiger partial charge in [-0.25, -0.2) is 4.39 Å². The molecule has 2 aromatic rings. The van der Waals surface area contributed by atoms with Crippen LogP contribution in [0, 0.1) is 5.82 Å². The Balaban J connectivity index is 1.43. The zero-order valence-electron chi connectivity index (χ0n) is 13.0. The van der Waals surface area contributed by atoms with Crippen LogP contribution in [-0.4, -0.2) is 29.9 Å². The lowest BCUT2D eigenvalue weighted by molar-refractivity contribution is -0.122. The van der Waals surface area contributed by atoms with Crippen LogP contribution in [0.2, 0.25) is 0 Å². The second-order valence-electron chi connectivity index (χ2n) is 5.94. The first kappa shape index (κ1) is 16.1. The molecule has 0 radical (unpaired) electrons. The first-order valence-corrected chi connectivity index (χ1v) is 8.86. The molecule has 0 saturated heterocycles. The maximum absolute atomic E-state index is 12.8. The molecule has 5 heteroatoms. The maximum Gasteiger partial charge on any atom is 0.234 e. The van der Waals surface area contributed by atoms with Crippen LogP contribution in [-0.2, 0) is 17.8 Å². The van der Waals surface area contributed by atoms with Crippen LogP contribution in [0.15, 0.2) is 41.8 Å². The van der Waals surface area contributed by atoms with Crippen molar-refractivity contribution in [3.8, 4) is 0 Å². The van der Waals surface area contributed by atoms with Crippen LogP contribution in [0.4, 0.5) is 4.39 Å². The molecule has 0 atom stereocenters. The Hall–Kier alpha value is -1.72. The first-order valence-electron chi connectivity index (χ1n) is 7.98. The smallest absolute Gasteiger partial charge is 0.234 e. The van der Waals surface area contributed by atoms with E-state index >= 15 is 0 Å². The number of hydrogen-bond acceptors (Lipinski definition) is 3. The minimum Gasteiger partial charge on any atom is -0.355 e. The summed E-state index contributed by atoms with van der Waals surface area (Å²) in [5, 5.41) is 5.04. The van der Waals surface area contributed by atoms with E-state index in [4.69, 9.17) is 0 Å². The summed E-state index contributed by atoms with van der Waals surface area (Å²) in [7, 11) is 0. The number of rotatable bonds is 8. The van der Waals surface area contributed by atoms with E-state index in [0.29, 0.717) is 19.1 Å². The number of halogens is 1. The van der Waals surface area contributed by atoms with Gasteiger partial charge in [0.1, 0.15) is 5.82 Å². The Kier molecular flexibility index (Phi) is 5.41. The largest absolute Gasteiger partial charge is 0.355 e. The van der Waals surface area contributed by atoms with Crippen LogP contribution in [0.3, 0.4) is 0 Å². The normalized spacial score (nSPS) is 14.2. The minimum atomic E-state index is -0.230. The Bertz CT molecular complexity index is 623. The van der Waals surface area contributed by atoms with E-state index in [0.717, 1.165) is 18.5 Å². The van der Waals surface area contributed by atoms with Gasteiger partial charge in [-0.1, -0.05) is 18.2 Å². The zero-order chi connectivity index (χ0) is 16.1. The predicted molar refractivity (Wildman–Crippen MR) is 90.9 cm³/mol. The van der Waals surface area contributed by atoms with Crippen LogP contribution in [0.1, 0.15) is 23.3 Å². The molecule has 0 aliphatic heterocycles. The number of benzene rings is 1. The van der Waals surface area contributed by atoms with Crippen LogP contribution in [0.5, 0.6) is 0 Å². The first-order chi connectivity index (χ1) is 11.2. The molecule has 1 aromatic heterocycles. The number of amides is 1. The Morgan fingerprint density at radius 1 is 1.26 bits per heavy atom. The summed E-state index contributed by atoms with van der Waals surface area (Å²) in [5.74, 6) is -0.165. The second-order valence-corrected chi connectivity index (χ2v) is 6.97. The highest BCUT2D eigenvalue weighted by Gasteiger charge is 2.30. The lowest BCUT2D eigenvalue weighted by Gasteiger charge is -2.20. The summed E-state index contributed by atoms with van der Waals surface area (Å²) >= 11 is 1.74. The highest BCUT2D eigenvalue weighted by atomic mass is 32.1. The third kappa shape index (κ3) is 5.15. The molecule has 23 heavy (non-hydrogen) atoms. The summed E-state index contributed by atoms with van der Waals surface area (Å²) in [5.41, 5.74) is 1.03. The molecular weight excluding hydrogens is 311 g/mol. The lowest BCUT2D eigenvalue weighted by atomic mass is 10.1. The number of thiophene rings is 1. The summed E-state index contributed by atoms with van der Waals surface area (Å²) in [6.07, 6.45) is 3.10. The van der Waals surface area contributed by atoms with Gasteiger partial charge >= 0.3 is 0 Å². The van der Waals surface area contributed by atoms with E-state index in [2.05, 4.69) is 21.7 Å². The second kappa shape index (κ2) is 7.70. The maximum atomic E-state index is 12.8. The number of carbonyl (C=O) groups is 1. The average Bonchev–Trinajstić information content (AvgIpc) is 3.27. The molecule has 0 bridgehead atoms. The SMILES string of the molecule is O=C(CN(Cc1cccs1)C1CC1)NCCc1ccc(F)cc1. The molecule has 1 aromatic carbocycles. The van der Waals surface area contributed by atoms with Gasteiger partial charge in [0, 0.05) is 24.0 Å². The van der Waals surface area contributed by atoms with Crippen molar-refractivity contribution in [3.63, 3.8) is 0 Å². The third-order valence-corrected chi connectivity index (χ3v) is 4.86. The Labute approximate surface area is 140 Å². The van der Waals surface area contributed by atoms with Gasteiger partial charge in [-0.2, -0.15) is 0 Å². The molecule has 1 aliphatic carbocycles. The molecule has 3 nitrogen and oxygen atoms in total. The third-order valence-electron chi connectivity index (χ3n) is 4.00. The van der Waals surface area contributed by atoms with Crippen molar-refractivity contribution in [1.29, 1.82) is 0 Å². The molecule has 1 amide bonds. The monoisotopic (exact) mass is 332 g/mol. The molecule has 0 unspecified atom stereocenters. The fourth-order valence-corrected chi connectivity index (χ4v) is 3.32. The fraction of sp³-hybridized carbons (Fsp3) is 0.389. The molecule has 1 fully saturated rings. The van der Waals surface area contributed by atoms with E-state index in [1.165, 1.54) is 29.9 Å². The van der Waals surface area contributed by atoms with Gasteiger partial charge in [-0.15, -0.1) is 11.3 Å². The lowest BCUT2D eigenvalue weighted by Crippen LogP contribution is -2.38. The van der Waals surface area contributed by atoms with Crippen LogP contribution >= 0.6 is 11.3 Å². The Morgan fingerprint density at radius 3 is 2.70 bits per heavy atom. The van der Waals surface area contributed by atoms with Gasteiger partial charge in [-0.3, -0.25) is 9.69 Å². The number of nitrogens with one attached hydrogen (secondary N) is 1. The highest BCUT2D eigenvalue weighted by molar-refractivity contribution is 7.09. The average molecular weight is 332 g/mol. The van der Waals surface area contributed by atoms with Crippen LogP contribution < -0.4 is 5.32 Å². The Morgan fingerprint density at radius 2 is 2.04 bits per heavy atom. The summed E-state index contributed by atoms with van der Waals surface area (Å²) < 4.78 is 12.8. The molecule has 1 heterocycles. The molecule has 1 saturated carbocycles. The van der Waals surface area contributed by atoms with Crippen molar-refractivity contribution in [3.05, 3.63) is 58.0 Å². The molecule has 1 N–H and O–H groups in total. The van der Waals surface area contributed by atoms with E-state index in [1.807, 2.05) is 6.07 Å². The number of carbonyl (C=O) groups excluding carboxylic acids is 1. The van der Waals surface area contributed by atoms with Gasteiger partial charge in [0.25, 0.3) is 0 Å². The number of hydrogen-bond donors (Lipinski definition) is 1. The van der Waals surface area contributed by atoms with Crippen molar-refractivity contribution in [1.82, 2.24) is 10.2 Å². The minimum absolute atomic E-state index is 0.0653. The topological polar surface area (TPSA) is 32.3 Å². The van der Waals surface area contributed by atoms with Crippen molar-refractivity contribution in [2.45, 2.75) is 31.8 Å². The van der Waals surface area contributed by atoms with Crippen molar-refractivity contribution in [2.24, 2.45) is 0 Å². The molecule has 122 valence electrons. The van der Waals surface area contributed by atoms with Gasteiger partial charge < -0.3 is 5.32 Å². The molecule has 0 spiro atoms. The van der Waals surface area contributed by atoms with Crippen LogP contribution in [0.25, 0.3) is 0 Å².